The summed E-state index contributed by atoms with van der Waals surface area (Å²) in [5, 5.41) is 0. The molecule has 0 unspecified atom stereocenters. The van der Waals surface area contributed by atoms with Gasteiger partial charge in [0.15, 0.2) is 0 Å². The maximum absolute atomic E-state index is 12.2. The number of esters is 1. The van der Waals surface area contributed by atoms with Gasteiger partial charge in [-0.3, -0.25) is 0 Å². The third-order valence-corrected chi connectivity index (χ3v) is 4.37. The molecule has 3 rings (SSSR count). The van der Waals surface area contributed by atoms with E-state index < -0.39 is 0 Å². The van der Waals surface area contributed by atoms with Crippen LogP contribution in [0.3, 0.4) is 0 Å². The maximum atomic E-state index is 12.2. The molecule has 2 aromatic carbocycles. The van der Waals surface area contributed by atoms with Gasteiger partial charge in [0.2, 0.25) is 0 Å². The molecule has 0 aliphatic carbocycles. The van der Waals surface area contributed by atoms with Gasteiger partial charge in [0, 0.05) is 18.7 Å². The topological polar surface area (TPSA) is 38.8 Å². The molecule has 1 saturated heterocycles. The van der Waals surface area contributed by atoms with E-state index in [1.807, 2.05) is 37.3 Å². The molecule has 4 nitrogen and oxygen atoms in total. The van der Waals surface area contributed by atoms with Crippen LogP contribution in [0.25, 0.3) is 0 Å². The summed E-state index contributed by atoms with van der Waals surface area (Å²) >= 11 is 5.55. The molecule has 0 atom stereocenters. The fourth-order valence-electron chi connectivity index (χ4n) is 2.50. The Labute approximate surface area is 147 Å². The first kappa shape index (κ1) is 16.6. The molecule has 124 valence electrons. The molecule has 0 spiro atoms. The number of thiocarbonyl (C=S) groups is 1. The van der Waals surface area contributed by atoms with Gasteiger partial charge >= 0.3 is 5.97 Å². The predicted octanol–water partition coefficient (Wildman–Crippen LogP) is 3.22. The Hall–Kier alpha value is -2.24. The summed E-state index contributed by atoms with van der Waals surface area (Å²) in [6, 6.07) is 14.7. The van der Waals surface area contributed by atoms with Crippen molar-refractivity contribution >= 4 is 23.2 Å². The number of hydrogen-bond acceptors (Lipinski definition) is 4. The summed E-state index contributed by atoms with van der Waals surface area (Å²) in [7, 11) is 0. The highest BCUT2D eigenvalue weighted by Crippen LogP contribution is 2.18. The van der Waals surface area contributed by atoms with Gasteiger partial charge < -0.3 is 14.4 Å². The van der Waals surface area contributed by atoms with Crippen LogP contribution in [-0.2, 0) is 4.74 Å². The molecule has 5 heteroatoms. The molecule has 0 amide bonds. The van der Waals surface area contributed by atoms with E-state index in [2.05, 4.69) is 4.90 Å². The van der Waals surface area contributed by atoms with E-state index in [4.69, 9.17) is 21.7 Å². The molecular weight excluding hydrogens is 322 g/mol. The Bertz CT molecular complexity index is 737. The first-order valence-corrected chi connectivity index (χ1v) is 8.30. The molecule has 0 aromatic heterocycles. The first-order chi connectivity index (χ1) is 11.6. The minimum atomic E-state index is -0.371. The van der Waals surface area contributed by atoms with Crippen LogP contribution in [0.15, 0.2) is 48.5 Å². The van der Waals surface area contributed by atoms with Gasteiger partial charge in [-0.05, 0) is 31.2 Å². The van der Waals surface area contributed by atoms with Gasteiger partial charge in [0.05, 0.1) is 18.8 Å². The number of morpholine rings is 1. The fourth-order valence-corrected chi connectivity index (χ4v) is 2.81. The van der Waals surface area contributed by atoms with Gasteiger partial charge in [0.1, 0.15) is 10.7 Å². The fraction of sp³-hybridized carbons (Fsp3) is 0.263. The Kier molecular flexibility index (Phi) is 5.23. The molecule has 1 heterocycles. The van der Waals surface area contributed by atoms with Crippen LogP contribution in [0, 0.1) is 6.92 Å². The molecule has 24 heavy (non-hydrogen) atoms. The third-order valence-electron chi connectivity index (χ3n) is 3.88. The van der Waals surface area contributed by atoms with Crippen LogP contribution in [0.2, 0.25) is 0 Å². The minimum absolute atomic E-state index is 0.371. The smallest absolute Gasteiger partial charge is 0.343 e. The Balaban J connectivity index is 1.71. The number of ether oxygens (including phenoxy) is 2. The van der Waals surface area contributed by atoms with Crippen molar-refractivity contribution in [1.29, 1.82) is 0 Å². The largest absolute Gasteiger partial charge is 0.423 e. The van der Waals surface area contributed by atoms with Crippen LogP contribution < -0.4 is 4.74 Å². The molecule has 1 aliphatic rings. The Morgan fingerprint density at radius 1 is 1.08 bits per heavy atom. The van der Waals surface area contributed by atoms with Gasteiger partial charge in [-0.1, -0.05) is 42.0 Å². The highest BCUT2D eigenvalue weighted by Gasteiger charge is 2.16. The molecule has 0 saturated carbocycles. The normalized spacial score (nSPS) is 14.3. The SMILES string of the molecule is Cc1ccc(C(=O)Oc2cccc(C(=S)N3CCOCC3)c2)cc1. The van der Waals surface area contributed by atoms with Crippen molar-refractivity contribution in [3.8, 4) is 5.75 Å². The second kappa shape index (κ2) is 7.55. The molecule has 1 aliphatic heterocycles. The maximum Gasteiger partial charge on any atom is 0.343 e. The molecule has 0 bridgehead atoms. The number of carbonyl (C=O) groups excluding carboxylic acids is 1. The average molecular weight is 341 g/mol. The minimum Gasteiger partial charge on any atom is -0.423 e. The van der Waals surface area contributed by atoms with Crippen LogP contribution in [-0.4, -0.2) is 42.2 Å². The lowest BCUT2D eigenvalue weighted by Crippen LogP contribution is -2.40. The van der Waals surface area contributed by atoms with Gasteiger partial charge in [-0.25, -0.2) is 4.79 Å². The number of aryl methyl sites for hydroxylation is 1. The van der Waals surface area contributed by atoms with E-state index in [0.29, 0.717) is 24.5 Å². The molecule has 2 aromatic rings. The monoisotopic (exact) mass is 341 g/mol. The van der Waals surface area contributed by atoms with Crippen molar-refractivity contribution in [1.82, 2.24) is 4.90 Å². The third kappa shape index (κ3) is 3.99. The number of nitrogens with zero attached hydrogens (tertiary/aromatic N) is 1. The van der Waals surface area contributed by atoms with Crippen molar-refractivity contribution in [2.24, 2.45) is 0 Å². The predicted molar refractivity (Wildman–Crippen MR) is 96.7 cm³/mol. The molecular formula is C19H19NO3S. The zero-order chi connectivity index (χ0) is 16.9. The van der Waals surface area contributed by atoms with Crippen molar-refractivity contribution < 1.29 is 14.3 Å². The van der Waals surface area contributed by atoms with Crippen LogP contribution in [0.1, 0.15) is 21.5 Å². The summed E-state index contributed by atoms with van der Waals surface area (Å²) < 4.78 is 10.8. The second-order valence-electron chi connectivity index (χ2n) is 5.69. The van der Waals surface area contributed by atoms with Crippen molar-refractivity contribution in [2.75, 3.05) is 26.3 Å². The van der Waals surface area contributed by atoms with E-state index in [9.17, 15) is 4.79 Å². The molecule has 1 fully saturated rings. The highest BCUT2D eigenvalue weighted by molar-refractivity contribution is 7.80. The summed E-state index contributed by atoms with van der Waals surface area (Å²) in [5.74, 6) is 0.123. The average Bonchev–Trinajstić information content (AvgIpc) is 2.62. The first-order valence-electron chi connectivity index (χ1n) is 7.89. The van der Waals surface area contributed by atoms with Gasteiger partial charge in [-0.15, -0.1) is 0 Å². The summed E-state index contributed by atoms with van der Waals surface area (Å²) in [6.45, 7) is 4.91. The molecule has 0 N–H and O–H groups in total. The number of rotatable bonds is 3. The van der Waals surface area contributed by atoms with Crippen molar-refractivity contribution in [3.05, 3.63) is 65.2 Å². The van der Waals surface area contributed by atoms with E-state index in [1.165, 1.54) is 0 Å². The van der Waals surface area contributed by atoms with E-state index in [1.54, 1.807) is 18.2 Å². The summed E-state index contributed by atoms with van der Waals surface area (Å²) in [6.07, 6.45) is 0. The van der Waals surface area contributed by atoms with Gasteiger partial charge in [0.25, 0.3) is 0 Å². The van der Waals surface area contributed by atoms with Crippen LogP contribution in [0.5, 0.6) is 5.75 Å². The zero-order valence-electron chi connectivity index (χ0n) is 13.5. The lowest BCUT2D eigenvalue weighted by atomic mass is 10.1. The number of benzene rings is 2. The summed E-state index contributed by atoms with van der Waals surface area (Å²) in [4.78, 5) is 15.1. The second-order valence-corrected chi connectivity index (χ2v) is 6.07. The lowest BCUT2D eigenvalue weighted by Gasteiger charge is -2.29. The number of carbonyl (C=O) groups is 1. The van der Waals surface area contributed by atoms with E-state index in [-0.39, 0.29) is 5.97 Å². The van der Waals surface area contributed by atoms with Crippen molar-refractivity contribution in [3.63, 3.8) is 0 Å². The quantitative estimate of drug-likeness (QED) is 0.487. The van der Waals surface area contributed by atoms with E-state index in [0.717, 1.165) is 29.2 Å². The zero-order valence-corrected chi connectivity index (χ0v) is 14.3. The Morgan fingerprint density at radius 3 is 2.50 bits per heavy atom. The Morgan fingerprint density at radius 2 is 1.79 bits per heavy atom. The van der Waals surface area contributed by atoms with Gasteiger partial charge in [-0.2, -0.15) is 0 Å². The molecule has 0 radical (unpaired) electrons. The lowest BCUT2D eigenvalue weighted by molar-refractivity contribution is 0.0693. The van der Waals surface area contributed by atoms with E-state index >= 15 is 0 Å². The van der Waals surface area contributed by atoms with Crippen molar-refractivity contribution in [2.45, 2.75) is 6.92 Å². The van der Waals surface area contributed by atoms with Crippen LogP contribution in [0.4, 0.5) is 0 Å². The summed E-state index contributed by atoms with van der Waals surface area (Å²) in [5.41, 5.74) is 2.51. The standard InChI is InChI=1S/C19H19NO3S/c1-14-5-7-15(8-6-14)19(21)23-17-4-2-3-16(13-17)18(24)20-9-11-22-12-10-20/h2-8,13H,9-12H2,1H3. The highest BCUT2D eigenvalue weighted by atomic mass is 32.1. The van der Waals surface area contributed by atoms with Crippen LogP contribution >= 0.6 is 12.2 Å². The number of hydrogen-bond donors (Lipinski definition) is 0.